The molecule has 2 rings (SSSR count). The molecular formula is C12H22N2O. The number of hydrogen-bond acceptors (Lipinski definition) is 3. The molecule has 0 aromatic carbocycles. The molecule has 1 aromatic heterocycles. The molecule has 2 heterocycles. The van der Waals surface area contributed by atoms with Crippen LogP contribution in [0.5, 0.6) is 5.75 Å². The summed E-state index contributed by atoms with van der Waals surface area (Å²) < 4.78 is 5.42. The van der Waals surface area contributed by atoms with Gasteiger partial charge >= 0.3 is 0 Å². The minimum atomic E-state index is 0.735. The van der Waals surface area contributed by atoms with E-state index in [0.717, 1.165) is 31.1 Å². The maximum absolute atomic E-state index is 5.42. The van der Waals surface area contributed by atoms with Crippen LogP contribution >= 0.6 is 0 Å². The predicted octanol–water partition coefficient (Wildman–Crippen LogP) is 2.62. The lowest BCUT2D eigenvalue weighted by Gasteiger charge is -2.02. The van der Waals surface area contributed by atoms with Crippen LogP contribution in [0.1, 0.15) is 33.4 Å². The second-order valence-corrected chi connectivity index (χ2v) is 2.47. The lowest BCUT2D eigenvalue weighted by Crippen LogP contribution is -2.16. The van der Waals surface area contributed by atoms with Crippen LogP contribution < -0.4 is 10.1 Å². The number of fused-ring (bicyclic) bond motifs is 1. The molecule has 1 aromatic rings. The quantitative estimate of drug-likeness (QED) is 0.714. The molecule has 1 aliphatic rings. The minimum absolute atomic E-state index is 0.735. The molecule has 0 spiro atoms. The van der Waals surface area contributed by atoms with E-state index in [1.54, 1.807) is 6.20 Å². The van der Waals surface area contributed by atoms with E-state index in [1.807, 2.05) is 39.8 Å². The third kappa shape index (κ3) is 4.79. The topological polar surface area (TPSA) is 34.1 Å². The van der Waals surface area contributed by atoms with Crippen LogP contribution in [-0.4, -0.2) is 18.1 Å². The van der Waals surface area contributed by atoms with Gasteiger partial charge in [0, 0.05) is 19.3 Å². The van der Waals surface area contributed by atoms with E-state index in [2.05, 4.69) is 10.3 Å². The van der Waals surface area contributed by atoms with E-state index < -0.39 is 0 Å². The first-order valence-corrected chi connectivity index (χ1v) is 5.74. The molecule has 1 N–H and O–H groups in total. The van der Waals surface area contributed by atoms with Gasteiger partial charge in [0.05, 0.1) is 5.69 Å². The Balaban J connectivity index is 0.000000442. The number of ether oxygens (including phenoxy) is 1. The van der Waals surface area contributed by atoms with Gasteiger partial charge in [-0.05, 0) is 12.1 Å². The first-order chi connectivity index (χ1) is 7.47. The van der Waals surface area contributed by atoms with Gasteiger partial charge in [-0.2, -0.15) is 0 Å². The van der Waals surface area contributed by atoms with Gasteiger partial charge in [0.25, 0.3) is 0 Å². The normalized spacial score (nSPS) is 12.8. The summed E-state index contributed by atoms with van der Waals surface area (Å²) in [6.07, 6.45) is 1.79. The van der Waals surface area contributed by atoms with Crippen LogP contribution in [0.15, 0.2) is 18.3 Å². The van der Waals surface area contributed by atoms with E-state index in [1.165, 1.54) is 0 Å². The van der Waals surface area contributed by atoms with Gasteiger partial charge < -0.3 is 10.1 Å². The highest BCUT2D eigenvalue weighted by Crippen LogP contribution is 2.15. The first kappa shape index (κ1) is 13.9. The Kier molecular flexibility index (Phi) is 8.78. The SMILES string of the molecule is CC.CC.c1cnc2c(c1)OCCNC2. The Morgan fingerprint density at radius 2 is 2.00 bits per heavy atom. The smallest absolute Gasteiger partial charge is 0.142 e. The van der Waals surface area contributed by atoms with E-state index in [4.69, 9.17) is 4.74 Å². The molecular weight excluding hydrogens is 188 g/mol. The highest BCUT2D eigenvalue weighted by molar-refractivity contribution is 5.27. The zero-order chi connectivity index (χ0) is 11.5. The lowest BCUT2D eigenvalue weighted by atomic mass is 10.3. The van der Waals surface area contributed by atoms with Gasteiger partial charge in [-0.3, -0.25) is 4.98 Å². The number of aromatic nitrogens is 1. The largest absolute Gasteiger partial charge is 0.490 e. The Bertz CT molecular complexity index is 226. The molecule has 0 fully saturated rings. The molecule has 3 heteroatoms. The molecule has 3 nitrogen and oxygen atoms in total. The Morgan fingerprint density at radius 1 is 1.27 bits per heavy atom. The van der Waals surface area contributed by atoms with Gasteiger partial charge in [0.2, 0.25) is 0 Å². The molecule has 0 bridgehead atoms. The molecule has 1 aliphatic heterocycles. The van der Waals surface area contributed by atoms with Crippen molar-refractivity contribution in [2.75, 3.05) is 13.2 Å². The third-order valence-electron chi connectivity index (χ3n) is 1.68. The van der Waals surface area contributed by atoms with Crippen molar-refractivity contribution in [3.05, 3.63) is 24.0 Å². The van der Waals surface area contributed by atoms with Crippen LogP contribution in [0.25, 0.3) is 0 Å². The number of hydrogen-bond donors (Lipinski definition) is 1. The molecule has 15 heavy (non-hydrogen) atoms. The highest BCUT2D eigenvalue weighted by atomic mass is 16.5. The van der Waals surface area contributed by atoms with Gasteiger partial charge in [-0.25, -0.2) is 0 Å². The summed E-state index contributed by atoms with van der Waals surface area (Å²) in [4.78, 5) is 4.19. The van der Waals surface area contributed by atoms with Crippen LogP contribution in [0.4, 0.5) is 0 Å². The lowest BCUT2D eigenvalue weighted by molar-refractivity contribution is 0.325. The van der Waals surface area contributed by atoms with Gasteiger partial charge in [-0.1, -0.05) is 27.7 Å². The summed E-state index contributed by atoms with van der Waals surface area (Å²) >= 11 is 0. The molecule has 0 unspecified atom stereocenters. The highest BCUT2D eigenvalue weighted by Gasteiger charge is 2.06. The second-order valence-electron chi connectivity index (χ2n) is 2.47. The van der Waals surface area contributed by atoms with Crippen molar-refractivity contribution in [1.82, 2.24) is 10.3 Å². The Morgan fingerprint density at radius 3 is 2.73 bits per heavy atom. The van der Waals surface area contributed by atoms with Crippen molar-refractivity contribution in [3.63, 3.8) is 0 Å². The summed E-state index contributed by atoms with van der Waals surface area (Å²) in [5.74, 6) is 0.914. The predicted molar refractivity (Wildman–Crippen MR) is 64.1 cm³/mol. The zero-order valence-electron chi connectivity index (χ0n) is 10.2. The van der Waals surface area contributed by atoms with Crippen LogP contribution in [0, 0.1) is 0 Å². The van der Waals surface area contributed by atoms with Gasteiger partial charge in [0.1, 0.15) is 12.4 Å². The maximum atomic E-state index is 5.42. The van der Waals surface area contributed by atoms with Crippen LogP contribution in [0.3, 0.4) is 0 Å². The average molecular weight is 210 g/mol. The van der Waals surface area contributed by atoms with Crippen molar-refractivity contribution in [1.29, 1.82) is 0 Å². The van der Waals surface area contributed by atoms with Crippen molar-refractivity contribution in [2.24, 2.45) is 0 Å². The van der Waals surface area contributed by atoms with Crippen LogP contribution in [0.2, 0.25) is 0 Å². The molecule has 86 valence electrons. The number of nitrogens with one attached hydrogen (secondary N) is 1. The molecule has 0 radical (unpaired) electrons. The fraction of sp³-hybridized carbons (Fsp3) is 0.583. The van der Waals surface area contributed by atoms with Crippen molar-refractivity contribution in [3.8, 4) is 5.75 Å². The van der Waals surface area contributed by atoms with E-state index >= 15 is 0 Å². The Labute approximate surface area is 92.9 Å². The number of rotatable bonds is 0. The average Bonchev–Trinajstić information content (AvgIpc) is 2.59. The standard InChI is InChI=1S/C8H10N2O.2C2H6/c1-2-8-7(10-3-1)6-9-4-5-11-8;2*1-2/h1-3,9H,4-6H2;2*1-2H3. The summed E-state index contributed by atoms with van der Waals surface area (Å²) in [6.45, 7) is 10.4. The van der Waals surface area contributed by atoms with E-state index in [0.29, 0.717) is 0 Å². The number of pyridine rings is 1. The summed E-state index contributed by atoms with van der Waals surface area (Å²) in [6, 6.07) is 3.85. The monoisotopic (exact) mass is 210 g/mol. The van der Waals surface area contributed by atoms with Gasteiger partial charge in [-0.15, -0.1) is 0 Å². The van der Waals surface area contributed by atoms with E-state index in [9.17, 15) is 0 Å². The Hall–Kier alpha value is -1.09. The fourth-order valence-electron chi connectivity index (χ4n) is 1.13. The maximum Gasteiger partial charge on any atom is 0.142 e. The molecule has 0 saturated carbocycles. The van der Waals surface area contributed by atoms with E-state index in [-0.39, 0.29) is 0 Å². The molecule has 0 saturated heterocycles. The first-order valence-electron chi connectivity index (χ1n) is 5.74. The van der Waals surface area contributed by atoms with Crippen molar-refractivity contribution >= 4 is 0 Å². The third-order valence-corrected chi connectivity index (χ3v) is 1.68. The van der Waals surface area contributed by atoms with Crippen molar-refractivity contribution < 1.29 is 4.74 Å². The molecule has 0 aliphatic carbocycles. The molecule has 0 atom stereocenters. The minimum Gasteiger partial charge on any atom is -0.490 e. The summed E-state index contributed by atoms with van der Waals surface area (Å²) in [5.41, 5.74) is 1.00. The number of nitrogens with zero attached hydrogens (tertiary/aromatic N) is 1. The van der Waals surface area contributed by atoms with Crippen molar-refractivity contribution in [2.45, 2.75) is 34.2 Å². The fourth-order valence-corrected chi connectivity index (χ4v) is 1.13. The molecule has 0 amide bonds. The second kappa shape index (κ2) is 9.46. The summed E-state index contributed by atoms with van der Waals surface area (Å²) in [7, 11) is 0. The zero-order valence-corrected chi connectivity index (χ0v) is 10.2. The summed E-state index contributed by atoms with van der Waals surface area (Å²) in [5, 5.41) is 3.22. The van der Waals surface area contributed by atoms with Gasteiger partial charge in [0.15, 0.2) is 0 Å². The van der Waals surface area contributed by atoms with Crippen LogP contribution in [-0.2, 0) is 6.54 Å².